The van der Waals surface area contributed by atoms with E-state index in [-0.39, 0.29) is 10.6 Å². The Morgan fingerprint density at radius 3 is 2.12 bits per heavy atom. The van der Waals surface area contributed by atoms with Gasteiger partial charge in [-0.25, -0.2) is 0 Å². The summed E-state index contributed by atoms with van der Waals surface area (Å²) in [6, 6.07) is 29.0. The van der Waals surface area contributed by atoms with Gasteiger partial charge in [-0.05, 0) is 49.0 Å². The number of nitro groups is 1. The quantitative estimate of drug-likeness (QED) is 0.342. The first-order valence-electron chi connectivity index (χ1n) is 11.4. The van der Waals surface area contributed by atoms with Crippen LogP contribution in [0, 0.1) is 10.1 Å². The molecule has 0 unspecified atom stereocenters. The van der Waals surface area contributed by atoms with E-state index in [1.165, 1.54) is 11.1 Å². The van der Waals surface area contributed by atoms with E-state index in [9.17, 15) is 10.1 Å². The van der Waals surface area contributed by atoms with E-state index in [1.54, 1.807) is 18.2 Å². The van der Waals surface area contributed by atoms with Crippen LogP contribution in [0.1, 0.15) is 29.5 Å². The van der Waals surface area contributed by atoms with E-state index < -0.39 is 0 Å². The number of likely N-dealkylation sites (tertiary alicyclic amines) is 1. The number of rotatable bonds is 9. The Hall–Kier alpha value is -3.02. The topological polar surface area (TPSA) is 49.6 Å². The number of nitrogens with zero attached hydrogens (tertiary/aromatic N) is 3. The zero-order valence-electron chi connectivity index (χ0n) is 18.5. The van der Waals surface area contributed by atoms with Crippen LogP contribution >= 0.6 is 0 Å². The number of piperidine rings is 1. The van der Waals surface area contributed by atoms with Crippen molar-refractivity contribution in [2.24, 2.45) is 0 Å². The molecule has 1 aliphatic rings. The third-order valence-electron chi connectivity index (χ3n) is 6.36. The highest BCUT2D eigenvalue weighted by Gasteiger charge is 2.25. The molecule has 1 saturated heterocycles. The second-order valence-electron chi connectivity index (χ2n) is 8.63. The average Bonchev–Trinajstić information content (AvgIpc) is 2.84. The van der Waals surface area contributed by atoms with Crippen molar-refractivity contribution in [3.05, 3.63) is 112 Å². The predicted molar refractivity (Wildman–Crippen MR) is 128 cm³/mol. The van der Waals surface area contributed by atoms with E-state index in [1.807, 2.05) is 6.07 Å². The highest BCUT2D eigenvalue weighted by molar-refractivity contribution is 5.34. The third-order valence-corrected chi connectivity index (χ3v) is 6.36. The van der Waals surface area contributed by atoms with Crippen LogP contribution < -0.4 is 0 Å². The van der Waals surface area contributed by atoms with Crippen LogP contribution in [-0.2, 0) is 19.5 Å². The fraction of sp³-hybridized carbons (Fsp3) is 0.333. The van der Waals surface area contributed by atoms with Crippen LogP contribution in [0.5, 0.6) is 0 Å². The van der Waals surface area contributed by atoms with Gasteiger partial charge in [0.15, 0.2) is 0 Å². The first-order chi connectivity index (χ1) is 15.7. The maximum Gasteiger partial charge on any atom is 0.269 e. The Labute approximate surface area is 190 Å². The molecule has 4 rings (SSSR count). The van der Waals surface area contributed by atoms with Crippen molar-refractivity contribution in [3.63, 3.8) is 0 Å². The van der Waals surface area contributed by atoms with Crippen molar-refractivity contribution in [1.82, 2.24) is 9.80 Å². The summed E-state index contributed by atoms with van der Waals surface area (Å²) in [5.41, 5.74) is 3.93. The number of nitro benzene ring substituents is 1. The standard InChI is InChI=1S/C27H31N3O2/c31-30(32)27-13-7-12-25(20-27)21-28-17-15-26(16-18-28)29(22-24-10-5-2-6-11-24)19-14-23-8-3-1-4-9-23/h1-13,20,26H,14-19,21-22H2. The zero-order valence-corrected chi connectivity index (χ0v) is 18.5. The average molecular weight is 430 g/mol. The number of non-ortho nitro benzene ring substituents is 1. The molecule has 1 fully saturated rings. The van der Waals surface area contributed by atoms with E-state index >= 15 is 0 Å². The molecule has 3 aromatic rings. The van der Waals surface area contributed by atoms with Gasteiger partial charge in [0.1, 0.15) is 0 Å². The molecule has 0 N–H and O–H groups in total. The van der Waals surface area contributed by atoms with Crippen LogP contribution in [0.15, 0.2) is 84.9 Å². The molecule has 1 heterocycles. The summed E-state index contributed by atoms with van der Waals surface area (Å²) in [7, 11) is 0. The van der Waals surface area contributed by atoms with Crippen LogP contribution in [-0.4, -0.2) is 40.4 Å². The molecule has 3 aromatic carbocycles. The van der Waals surface area contributed by atoms with Crippen molar-refractivity contribution in [2.45, 2.75) is 38.4 Å². The lowest BCUT2D eigenvalue weighted by molar-refractivity contribution is -0.384. The smallest absolute Gasteiger partial charge is 0.269 e. The summed E-state index contributed by atoms with van der Waals surface area (Å²) in [6.45, 7) is 4.84. The van der Waals surface area contributed by atoms with Crippen LogP contribution in [0.2, 0.25) is 0 Å². The molecule has 0 radical (unpaired) electrons. The lowest BCUT2D eigenvalue weighted by atomic mass is 10.0. The molecule has 1 aliphatic heterocycles. The Kier molecular flexibility index (Phi) is 7.64. The molecule has 5 heteroatoms. The van der Waals surface area contributed by atoms with E-state index in [0.29, 0.717) is 6.04 Å². The van der Waals surface area contributed by atoms with Gasteiger partial charge in [0, 0.05) is 37.8 Å². The molecule has 166 valence electrons. The second kappa shape index (κ2) is 11.0. The van der Waals surface area contributed by atoms with Crippen molar-refractivity contribution in [3.8, 4) is 0 Å². The minimum absolute atomic E-state index is 0.173. The van der Waals surface area contributed by atoms with Crippen molar-refractivity contribution in [1.29, 1.82) is 0 Å². The van der Waals surface area contributed by atoms with Crippen molar-refractivity contribution < 1.29 is 4.92 Å². The van der Waals surface area contributed by atoms with E-state index in [4.69, 9.17) is 0 Å². The molecule has 32 heavy (non-hydrogen) atoms. The number of benzene rings is 3. The Bertz CT molecular complexity index is 986. The summed E-state index contributed by atoms with van der Waals surface area (Å²) in [5, 5.41) is 11.1. The molecule has 0 amide bonds. The molecule has 0 bridgehead atoms. The molecular weight excluding hydrogens is 398 g/mol. The minimum Gasteiger partial charge on any atom is -0.299 e. The molecule has 0 saturated carbocycles. The van der Waals surface area contributed by atoms with Gasteiger partial charge in [-0.1, -0.05) is 72.8 Å². The van der Waals surface area contributed by atoms with Crippen LogP contribution in [0.3, 0.4) is 0 Å². The van der Waals surface area contributed by atoms with Gasteiger partial charge in [0.2, 0.25) is 0 Å². The fourth-order valence-electron chi connectivity index (χ4n) is 4.60. The lowest BCUT2D eigenvalue weighted by Gasteiger charge is -2.39. The monoisotopic (exact) mass is 429 g/mol. The van der Waals surface area contributed by atoms with Gasteiger partial charge >= 0.3 is 0 Å². The first-order valence-corrected chi connectivity index (χ1v) is 11.4. The molecule has 5 nitrogen and oxygen atoms in total. The predicted octanol–water partition coefficient (Wildman–Crippen LogP) is 5.30. The maximum absolute atomic E-state index is 11.1. The second-order valence-corrected chi connectivity index (χ2v) is 8.63. The van der Waals surface area contributed by atoms with Crippen LogP contribution in [0.25, 0.3) is 0 Å². The number of hydrogen-bond acceptors (Lipinski definition) is 4. The highest BCUT2D eigenvalue weighted by Crippen LogP contribution is 2.22. The molecule has 0 atom stereocenters. The maximum atomic E-state index is 11.1. The van der Waals surface area contributed by atoms with Gasteiger partial charge in [-0.2, -0.15) is 0 Å². The van der Waals surface area contributed by atoms with E-state index in [0.717, 1.165) is 57.5 Å². The molecule has 0 spiro atoms. The van der Waals surface area contributed by atoms with Crippen molar-refractivity contribution >= 4 is 5.69 Å². The fourth-order valence-corrected chi connectivity index (χ4v) is 4.60. The Morgan fingerprint density at radius 1 is 0.844 bits per heavy atom. The zero-order chi connectivity index (χ0) is 22.2. The Morgan fingerprint density at radius 2 is 1.47 bits per heavy atom. The summed E-state index contributed by atoms with van der Waals surface area (Å²) in [6.07, 6.45) is 3.30. The number of hydrogen-bond donors (Lipinski definition) is 0. The van der Waals surface area contributed by atoms with Crippen molar-refractivity contribution in [2.75, 3.05) is 19.6 Å². The largest absolute Gasteiger partial charge is 0.299 e. The minimum atomic E-state index is -0.316. The van der Waals surface area contributed by atoms with Gasteiger partial charge < -0.3 is 0 Å². The summed E-state index contributed by atoms with van der Waals surface area (Å²) in [4.78, 5) is 15.8. The molecule has 0 aromatic heterocycles. The van der Waals surface area contributed by atoms with E-state index in [2.05, 4.69) is 70.5 Å². The van der Waals surface area contributed by atoms with Gasteiger partial charge in [-0.3, -0.25) is 19.9 Å². The van der Waals surface area contributed by atoms with Gasteiger partial charge in [0.05, 0.1) is 4.92 Å². The molecular formula is C27H31N3O2. The molecule has 0 aliphatic carbocycles. The third kappa shape index (κ3) is 6.25. The summed E-state index contributed by atoms with van der Waals surface area (Å²) >= 11 is 0. The van der Waals surface area contributed by atoms with Gasteiger partial charge in [-0.15, -0.1) is 0 Å². The first kappa shape index (κ1) is 22.2. The normalized spacial score (nSPS) is 15.2. The summed E-state index contributed by atoms with van der Waals surface area (Å²) < 4.78 is 0. The van der Waals surface area contributed by atoms with Crippen LogP contribution in [0.4, 0.5) is 5.69 Å². The Balaban J connectivity index is 1.36. The SMILES string of the molecule is O=[N+]([O-])c1cccc(CN2CCC(N(CCc3ccccc3)Cc3ccccc3)CC2)c1. The highest BCUT2D eigenvalue weighted by atomic mass is 16.6. The lowest BCUT2D eigenvalue weighted by Crippen LogP contribution is -2.45. The summed E-state index contributed by atoms with van der Waals surface area (Å²) in [5.74, 6) is 0. The van der Waals surface area contributed by atoms with Gasteiger partial charge in [0.25, 0.3) is 5.69 Å².